The van der Waals surface area contributed by atoms with Gasteiger partial charge in [-0.15, -0.1) is 0 Å². The molecule has 0 saturated carbocycles. The van der Waals surface area contributed by atoms with Crippen molar-refractivity contribution in [1.29, 1.82) is 0 Å². The maximum atomic E-state index is 13.6. The number of nitrogens with zero attached hydrogens (tertiary/aromatic N) is 2. The molecule has 0 bridgehead atoms. The number of ether oxygens (including phenoxy) is 5. The number of carbonyl (C=O) groups excluding carboxylic acids is 5. The highest BCUT2D eigenvalue weighted by Gasteiger charge is 2.45. The summed E-state index contributed by atoms with van der Waals surface area (Å²) < 4.78 is 29.3. The molecular weight excluding hydrogens is 767 g/mol. The Morgan fingerprint density at radius 2 is 1.58 bits per heavy atom. The predicted molar refractivity (Wildman–Crippen MR) is 229 cm³/mol. The summed E-state index contributed by atoms with van der Waals surface area (Å²) in [6.45, 7) is 23.4. The van der Waals surface area contributed by atoms with Crippen LogP contribution in [-0.2, 0) is 49.3 Å². The molecule has 60 heavy (non-hydrogen) atoms. The molecule has 2 aromatic rings. The summed E-state index contributed by atoms with van der Waals surface area (Å²) in [4.78, 5) is 67.6. The van der Waals surface area contributed by atoms with Crippen LogP contribution in [0.1, 0.15) is 127 Å². The van der Waals surface area contributed by atoms with Gasteiger partial charge in [0, 0.05) is 58.9 Å². The molecule has 0 spiro atoms. The lowest BCUT2D eigenvalue weighted by Gasteiger charge is -2.41. The monoisotopic (exact) mass is 833 g/mol. The van der Waals surface area contributed by atoms with Gasteiger partial charge in [-0.3, -0.25) is 24.0 Å². The SMILES string of the molecule is CCC(C)c1cc(OC)c([C@@H]2O[C@H](COC(C)=O)C[C@H](OC(C)=O)[C@H]2OC(C)=O)cc1Cc1ccc(/C=C/C(C)(C)C(=O)NC(C)(C)C(=O)N2CCN(CC)CC2)cc1C. The van der Waals surface area contributed by atoms with Crippen molar-refractivity contribution < 1.29 is 47.7 Å². The minimum absolute atomic E-state index is 0.0764. The van der Waals surface area contributed by atoms with Crippen LogP contribution in [0.2, 0.25) is 0 Å². The number of carbonyl (C=O) groups is 5. The second kappa shape index (κ2) is 20.7. The van der Waals surface area contributed by atoms with Crippen LogP contribution in [0.25, 0.3) is 6.08 Å². The van der Waals surface area contributed by atoms with Crippen molar-refractivity contribution in [2.24, 2.45) is 5.41 Å². The van der Waals surface area contributed by atoms with E-state index < -0.39 is 53.3 Å². The van der Waals surface area contributed by atoms with E-state index in [1.807, 2.05) is 49.1 Å². The molecule has 5 atom stereocenters. The van der Waals surface area contributed by atoms with Crippen molar-refractivity contribution in [2.75, 3.05) is 46.4 Å². The molecule has 0 aromatic heterocycles. The lowest BCUT2D eigenvalue weighted by molar-refractivity contribution is -0.214. The van der Waals surface area contributed by atoms with E-state index in [1.54, 1.807) is 21.0 Å². The van der Waals surface area contributed by atoms with Gasteiger partial charge in [0.1, 0.15) is 30.1 Å². The molecule has 330 valence electrons. The molecule has 2 heterocycles. The van der Waals surface area contributed by atoms with Gasteiger partial charge < -0.3 is 38.8 Å². The summed E-state index contributed by atoms with van der Waals surface area (Å²) in [6, 6.07) is 10.2. The topological polar surface area (TPSA) is 150 Å². The quantitative estimate of drug-likeness (QED) is 0.147. The molecule has 2 aliphatic rings. The molecule has 0 radical (unpaired) electrons. The molecule has 13 heteroatoms. The van der Waals surface area contributed by atoms with Crippen molar-refractivity contribution in [2.45, 2.75) is 131 Å². The van der Waals surface area contributed by atoms with E-state index in [4.69, 9.17) is 23.7 Å². The van der Waals surface area contributed by atoms with Crippen LogP contribution in [0.3, 0.4) is 0 Å². The van der Waals surface area contributed by atoms with Crippen LogP contribution < -0.4 is 10.1 Å². The third-order valence-corrected chi connectivity index (χ3v) is 11.6. The lowest BCUT2D eigenvalue weighted by Crippen LogP contribution is -2.61. The van der Waals surface area contributed by atoms with Crippen LogP contribution in [0.4, 0.5) is 0 Å². The molecule has 4 rings (SSSR count). The van der Waals surface area contributed by atoms with E-state index in [1.165, 1.54) is 20.8 Å². The maximum Gasteiger partial charge on any atom is 0.303 e. The lowest BCUT2D eigenvalue weighted by atomic mass is 9.84. The Balaban J connectivity index is 1.62. The zero-order chi connectivity index (χ0) is 44.5. The Kier molecular flexibility index (Phi) is 16.5. The number of rotatable bonds is 16. The largest absolute Gasteiger partial charge is 0.496 e. The van der Waals surface area contributed by atoms with Crippen LogP contribution in [0, 0.1) is 12.3 Å². The normalized spacial score (nSPS) is 20.6. The molecule has 13 nitrogen and oxygen atoms in total. The highest BCUT2D eigenvalue weighted by atomic mass is 16.6. The fourth-order valence-corrected chi connectivity index (χ4v) is 7.81. The van der Waals surface area contributed by atoms with Gasteiger partial charge in [0.25, 0.3) is 0 Å². The molecule has 0 aliphatic carbocycles. The Morgan fingerprint density at radius 1 is 0.917 bits per heavy atom. The summed E-state index contributed by atoms with van der Waals surface area (Å²) >= 11 is 0. The Labute approximate surface area is 356 Å². The smallest absolute Gasteiger partial charge is 0.303 e. The van der Waals surface area contributed by atoms with Crippen molar-refractivity contribution in [3.63, 3.8) is 0 Å². The summed E-state index contributed by atoms with van der Waals surface area (Å²) in [5.74, 6) is -1.21. The van der Waals surface area contributed by atoms with E-state index in [-0.39, 0.29) is 30.8 Å². The van der Waals surface area contributed by atoms with E-state index in [2.05, 4.69) is 50.0 Å². The molecule has 2 aliphatic heterocycles. The number of hydrogen-bond donors (Lipinski definition) is 1. The first-order valence-electron chi connectivity index (χ1n) is 21.2. The second-order valence-corrected chi connectivity index (χ2v) is 17.3. The molecule has 2 amide bonds. The van der Waals surface area contributed by atoms with Gasteiger partial charge in [0.05, 0.1) is 18.6 Å². The van der Waals surface area contributed by atoms with E-state index in [0.717, 1.165) is 53.9 Å². The van der Waals surface area contributed by atoms with Gasteiger partial charge in [0.15, 0.2) is 6.10 Å². The zero-order valence-electron chi connectivity index (χ0n) is 37.8. The van der Waals surface area contributed by atoms with Gasteiger partial charge in [-0.2, -0.15) is 0 Å². The Hall–Kier alpha value is -4.75. The molecule has 2 aromatic carbocycles. The number of methoxy groups -OCH3 is 1. The summed E-state index contributed by atoms with van der Waals surface area (Å²) in [5.41, 5.74) is 3.82. The van der Waals surface area contributed by atoms with Crippen molar-refractivity contribution >= 4 is 35.8 Å². The van der Waals surface area contributed by atoms with Crippen LogP contribution >= 0.6 is 0 Å². The number of esters is 3. The Bertz CT molecular complexity index is 1900. The maximum absolute atomic E-state index is 13.6. The third-order valence-electron chi connectivity index (χ3n) is 11.6. The summed E-state index contributed by atoms with van der Waals surface area (Å²) in [7, 11) is 1.57. The average Bonchev–Trinajstić information content (AvgIpc) is 3.19. The number of benzene rings is 2. The molecular formula is C47H67N3O10. The van der Waals surface area contributed by atoms with Gasteiger partial charge in [-0.25, -0.2) is 0 Å². The number of hydrogen-bond acceptors (Lipinski definition) is 11. The highest BCUT2D eigenvalue weighted by Crippen LogP contribution is 2.42. The van der Waals surface area contributed by atoms with Crippen LogP contribution in [0.5, 0.6) is 5.75 Å². The highest BCUT2D eigenvalue weighted by molar-refractivity contribution is 5.93. The first-order chi connectivity index (χ1) is 28.2. The standard InChI is InChI=1S/C47H67N3O10/c1-13-29(3)38-27-40(56-12)39(42-43(59-33(7)53)41(58-32(6)52)26-37(60-42)28-57-31(5)51)25-36(38)24-35-16-15-34(23-30(35)4)17-18-46(8,9)44(54)48-47(10,11)45(55)50-21-19-49(14-2)20-22-50/h15-18,23,25,27,29,37,41-43H,13-14,19-22,24,26,28H2,1-12H3,(H,48,54)/b18-17+/t29?,37-,41-,42-,43+/m0/s1. The van der Waals surface area contributed by atoms with Crippen molar-refractivity contribution in [1.82, 2.24) is 15.1 Å². The Morgan fingerprint density at radius 3 is 2.15 bits per heavy atom. The summed E-state index contributed by atoms with van der Waals surface area (Å²) in [6.07, 6.45) is 1.96. The first-order valence-corrected chi connectivity index (χ1v) is 21.2. The second-order valence-electron chi connectivity index (χ2n) is 17.3. The molecule has 2 saturated heterocycles. The minimum atomic E-state index is -1.05. The van der Waals surface area contributed by atoms with E-state index in [0.29, 0.717) is 30.8 Å². The molecule has 1 N–H and O–H groups in total. The van der Waals surface area contributed by atoms with Crippen LogP contribution in [0.15, 0.2) is 36.4 Å². The van der Waals surface area contributed by atoms with Crippen molar-refractivity contribution in [3.05, 3.63) is 69.8 Å². The van der Waals surface area contributed by atoms with Crippen molar-refractivity contribution in [3.8, 4) is 5.75 Å². The van der Waals surface area contributed by atoms with Gasteiger partial charge >= 0.3 is 17.9 Å². The third kappa shape index (κ3) is 12.4. The molecule has 2 fully saturated rings. The number of piperazine rings is 1. The minimum Gasteiger partial charge on any atom is -0.496 e. The van der Waals surface area contributed by atoms with Gasteiger partial charge in [0.2, 0.25) is 11.8 Å². The van der Waals surface area contributed by atoms with E-state index in [9.17, 15) is 24.0 Å². The fourth-order valence-electron chi connectivity index (χ4n) is 7.81. The number of likely N-dealkylation sites (N-methyl/N-ethyl adjacent to an activating group) is 1. The number of amides is 2. The van der Waals surface area contributed by atoms with Gasteiger partial charge in [-0.05, 0) is 99.9 Å². The zero-order valence-corrected chi connectivity index (χ0v) is 37.8. The molecule has 1 unspecified atom stereocenters. The fraction of sp³-hybridized carbons (Fsp3) is 0.596. The average molecular weight is 834 g/mol. The number of aryl methyl sites for hydroxylation is 1. The van der Waals surface area contributed by atoms with E-state index >= 15 is 0 Å². The predicted octanol–water partition coefficient (Wildman–Crippen LogP) is 6.46. The van der Waals surface area contributed by atoms with Gasteiger partial charge in [-0.1, -0.05) is 51.1 Å². The van der Waals surface area contributed by atoms with Crippen LogP contribution in [-0.4, -0.2) is 110 Å². The number of nitrogens with one attached hydrogen (secondary N) is 1. The summed E-state index contributed by atoms with van der Waals surface area (Å²) in [5, 5.41) is 3.01. The first kappa shape index (κ1) is 47.9.